The van der Waals surface area contributed by atoms with E-state index in [1.54, 1.807) is 24.7 Å². The van der Waals surface area contributed by atoms with Gasteiger partial charge in [0.25, 0.3) is 5.56 Å². The lowest BCUT2D eigenvalue weighted by molar-refractivity contribution is -0.140. The van der Waals surface area contributed by atoms with Gasteiger partial charge >= 0.3 is 0 Å². The van der Waals surface area contributed by atoms with Crippen LogP contribution in [0.5, 0.6) is 5.75 Å². The van der Waals surface area contributed by atoms with Crippen molar-refractivity contribution in [2.24, 2.45) is 0 Å². The molecule has 1 aliphatic rings. The van der Waals surface area contributed by atoms with Crippen molar-refractivity contribution in [3.63, 3.8) is 0 Å². The summed E-state index contributed by atoms with van der Waals surface area (Å²) in [5, 5.41) is 0.531. The number of hydrogen-bond acceptors (Lipinski definition) is 4. The highest BCUT2D eigenvalue weighted by Gasteiger charge is 2.39. The van der Waals surface area contributed by atoms with Gasteiger partial charge < -0.3 is 9.64 Å². The molecule has 0 bridgehead atoms. The molecule has 0 fully saturated rings. The molecule has 33 heavy (non-hydrogen) atoms. The molecule has 5 rings (SSSR count). The van der Waals surface area contributed by atoms with E-state index >= 15 is 0 Å². The molecule has 1 aliphatic heterocycles. The summed E-state index contributed by atoms with van der Waals surface area (Å²) in [6.07, 6.45) is 0.570. The van der Waals surface area contributed by atoms with Crippen LogP contribution in [-0.2, 0) is 17.8 Å². The number of aromatic nitrogens is 2. The van der Waals surface area contributed by atoms with Crippen LogP contribution in [0.15, 0.2) is 83.7 Å². The van der Waals surface area contributed by atoms with Gasteiger partial charge in [0.15, 0.2) is 0 Å². The number of fused-ring (bicyclic) bond motifs is 2. The third-order valence-electron chi connectivity index (χ3n) is 6.32. The van der Waals surface area contributed by atoms with E-state index in [4.69, 9.17) is 9.72 Å². The predicted octanol–water partition coefficient (Wildman–Crippen LogP) is 4.29. The minimum atomic E-state index is -0.630. The van der Waals surface area contributed by atoms with Gasteiger partial charge in [-0.1, -0.05) is 54.6 Å². The van der Waals surface area contributed by atoms with E-state index < -0.39 is 6.04 Å². The Hall–Kier alpha value is -3.93. The first-order chi connectivity index (χ1) is 16.1. The third kappa shape index (κ3) is 3.78. The summed E-state index contributed by atoms with van der Waals surface area (Å²) in [5.74, 6) is 1.31. The van der Waals surface area contributed by atoms with Gasteiger partial charge in [-0.3, -0.25) is 14.2 Å². The van der Waals surface area contributed by atoms with Crippen LogP contribution in [0, 0.1) is 0 Å². The van der Waals surface area contributed by atoms with Crippen molar-refractivity contribution in [1.29, 1.82) is 0 Å². The van der Waals surface area contributed by atoms with Gasteiger partial charge in [0.1, 0.15) is 17.6 Å². The molecular weight excluding hydrogens is 414 g/mol. The Balaban J connectivity index is 1.65. The maximum Gasteiger partial charge on any atom is 0.262 e. The highest BCUT2D eigenvalue weighted by Crippen LogP contribution is 2.34. The average Bonchev–Trinajstić information content (AvgIpc) is 2.85. The first-order valence-electron chi connectivity index (χ1n) is 11.1. The van der Waals surface area contributed by atoms with Gasteiger partial charge in [-0.25, -0.2) is 4.98 Å². The molecule has 6 nitrogen and oxygen atoms in total. The minimum Gasteiger partial charge on any atom is -0.497 e. The Morgan fingerprint density at radius 1 is 0.879 bits per heavy atom. The van der Waals surface area contributed by atoms with E-state index in [0.29, 0.717) is 29.7 Å². The second-order valence-corrected chi connectivity index (χ2v) is 8.36. The van der Waals surface area contributed by atoms with E-state index in [1.807, 2.05) is 77.7 Å². The molecule has 3 aromatic carbocycles. The van der Waals surface area contributed by atoms with E-state index in [0.717, 1.165) is 16.9 Å². The summed E-state index contributed by atoms with van der Waals surface area (Å²) in [7, 11) is 1.63. The maximum absolute atomic E-state index is 13.6. The summed E-state index contributed by atoms with van der Waals surface area (Å²) < 4.78 is 6.86. The lowest BCUT2D eigenvalue weighted by Gasteiger charge is -2.40. The number of amides is 1. The van der Waals surface area contributed by atoms with Gasteiger partial charge in [-0.05, 0) is 42.3 Å². The SMILES string of the molecule is COc1ccc(CN2C(=O)[C@H](C)n3c(nc4ccccc4c3=O)[C@H]2Cc2ccccc2)cc1. The Kier molecular flexibility index (Phi) is 5.42. The van der Waals surface area contributed by atoms with Crippen LogP contribution in [0.1, 0.15) is 36.0 Å². The van der Waals surface area contributed by atoms with Crippen molar-refractivity contribution >= 4 is 16.8 Å². The van der Waals surface area contributed by atoms with Crippen molar-refractivity contribution in [1.82, 2.24) is 14.5 Å². The van der Waals surface area contributed by atoms with Gasteiger partial charge in [0.2, 0.25) is 5.91 Å². The Morgan fingerprint density at radius 2 is 1.58 bits per heavy atom. The van der Waals surface area contributed by atoms with Crippen molar-refractivity contribution in [3.8, 4) is 5.75 Å². The molecule has 0 radical (unpaired) electrons. The van der Waals surface area contributed by atoms with E-state index in [1.165, 1.54) is 0 Å². The average molecular weight is 440 g/mol. The van der Waals surface area contributed by atoms with Crippen molar-refractivity contribution in [3.05, 3.63) is 106 Å². The monoisotopic (exact) mass is 439 g/mol. The summed E-state index contributed by atoms with van der Waals surface area (Å²) >= 11 is 0. The second kappa shape index (κ2) is 8.54. The second-order valence-electron chi connectivity index (χ2n) is 8.36. The van der Waals surface area contributed by atoms with E-state index in [2.05, 4.69) is 0 Å². The Labute approximate surface area is 192 Å². The molecule has 1 amide bonds. The van der Waals surface area contributed by atoms with Crippen LogP contribution >= 0.6 is 0 Å². The van der Waals surface area contributed by atoms with Gasteiger partial charge in [0, 0.05) is 13.0 Å². The number of methoxy groups -OCH3 is 1. The zero-order chi connectivity index (χ0) is 22.9. The summed E-state index contributed by atoms with van der Waals surface area (Å²) in [6, 6.07) is 24.1. The van der Waals surface area contributed by atoms with Crippen molar-refractivity contribution in [2.75, 3.05) is 7.11 Å². The van der Waals surface area contributed by atoms with Gasteiger partial charge in [-0.15, -0.1) is 0 Å². The zero-order valence-corrected chi connectivity index (χ0v) is 18.6. The fraction of sp³-hybridized carbons (Fsp3) is 0.222. The molecule has 1 aromatic heterocycles. The Morgan fingerprint density at radius 3 is 2.30 bits per heavy atom. The summed E-state index contributed by atoms with van der Waals surface area (Å²) in [4.78, 5) is 33.8. The van der Waals surface area contributed by atoms with Crippen LogP contribution in [0.3, 0.4) is 0 Å². The lowest BCUT2D eigenvalue weighted by atomic mass is 9.98. The molecule has 0 spiro atoms. The van der Waals surface area contributed by atoms with Crippen LogP contribution in [-0.4, -0.2) is 27.5 Å². The largest absolute Gasteiger partial charge is 0.497 e. The van der Waals surface area contributed by atoms with Crippen molar-refractivity contribution < 1.29 is 9.53 Å². The van der Waals surface area contributed by atoms with Gasteiger partial charge in [-0.2, -0.15) is 0 Å². The maximum atomic E-state index is 13.6. The molecule has 0 aliphatic carbocycles. The molecule has 4 aromatic rings. The summed E-state index contributed by atoms with van der Waals surface area (Å²) in [6.45, 7) is 2.21. The minimum absolute atomic E-state index is 0.0848. The highest BCUT2D eigenvalue weighted by molar-refractivity contribution is 5.84. The van der Waals surface area contributed by atoms with Crippen molar-refractivity contribution in [2.45, 2.75) is 32.0 Å². The van der Waals surface area contributed by atoms with Gasteiger partial charge in [0.05, 0.1) is 24.1 Å². The Bertz CT molecular complexity index is 1360. The fourth-order valence-electron chi connectivity index (χ4n) is 4.57. The highest BCUT2D eigenvalue weighted by atomic mass is 16.5. The number of ether oxygens (including phenoxy) is 1. The molecule has 2 atom stereocenters. The molecule has 0 N–H and O–H groups in total. The number of carbonyl (C=O) groups is 1. The number of benzene rings is 3. The molecule has 166 valence electrons. The predicted molar refractivity (Wildman–Crippen MR) is 127 cm³/mol. The smallest absolute Gasteiger partial charge is 0.262 e. The molecule has 0 saturated heterocycles. The molecule has 2 heterocycles. The number of nitrogens with zero attached hydrogens (tertiary/aromatic N) is 3. The molecule has 0 unspecified atom stereocenters. The van der Waals surface area contributed by atoms with E-state index in [-0.39, 0.29) is 17.5 Å². The summed E-state index contributed by atoms with van der Waals surface area (Å²) in [5.41, 5.74) is 2.56. The number of hydrogen-bond donors (Lipinski definition) is 0. The normalized spacial score (nSPS) is 17.8. The quantitative estimate of drug-likeness (QED) is 0.465. The number of para-hydroxylation sites is 1. The topological polar surface area (TPSA) is 64.4 Å². The first kappa shape index (κ1) is 20.9. The van der Waals surface area contributed by atoms with Crippen LogP contribution in [0.2, 0.25) is 0 Å². The van der Waals surface area contributed by atoms with E-state index in [9.17, 15) is 9.59 Å². The standard InChI is InChI=1S/C27H25N3O3/c1-18-26(31)29(17-20-12-14-21(33-2)15-13-20)24(16-19-8-4-3-5-9-19)25-28-23-11-7-6-10-22(23)27(32)30(18)25/h3-15,18,24H,16-17H2,1-2H3/t18-,24+/m0/s1. The molecule has 6 heteroatoms. The van der Waals surface area contributed by atoms with Crippen LogP contribution < -0.4 is 10.3 Å². The molecular formula is C27H25N3O3. The zero-order valence-electron chi connectivity index (χ0n) is 18.6. The first-order valence-corrected chi connectivity index (χ1v) is 11.1. The number of carbonyl (C=O) groups excluding carboxylic acids is 1. The van der Waals surface area contributed by atoms with Crippen LogP contribution in [0.4, 0.5) is 0 Å². The third-order valence-corrected chi connectivity index (χ3v) is 6.32. The van der Waals surface area contributed by atoms with Crippen LogP contribution in [0.25, 0.3) is 10.9 Å². The molecule has 0 saturated carbocycles. The lowest BCUT2D eigenvalue weighted by Crippen LogP contribution is -2.49. The number of rotatable bonds is 5. The fourth-order valence-corrected chi connectivity index (χ4v) is 4.57.